The number of nitrogens with two attached hydrogens (primary N) is 1. The topological polar surface area (TPSA) is 249 Å². The monoisotopic (exact) mass is 1150 g/mol. The molecule has 2 bridgehead atoms. The molecule has 0 radical (unpaired) electrons. The fraction of sp³-hybridized carbons (Fsp3) is 0.516. The van der Waals surface area contributed by atoms with Crippen molar-refractivity contribution in [3.63, 3.8) is 0 Å². The maximum Gasteiger partial charge on any atom is 0.243 e. The summed E-state index contributed by atoms with van der Waals surface area (Å²) >= 11 is 1.56. The number of aliphatic hydroxyl groups is 1. The van der Waals surface area contributed by atoms with E-state index in [1.807, 2.05) is 81.0 Å². The van der Waals surface area contributed by atoms with E-state index in [2.05, 4.69) is 68.4 Å². The molecule has 1 saturated carbocycles. The van der Waals surface area contributed by atoms with Gasteiger partial charge in [-0.2, -0.15) is 5.26 Å². The molecule has 4 aromatic heterocycles. The average Bonchev–Trinajstić information content (AvgIpc) is 4.51. The minimum absolute atomic E-state index is 0.0235. The molecule has 21 heteroatoms. The number of carbonyl (C=O) groups excluding carboxylic acids is 2. The number of phenolic OH excluding ortho intramolecular Hbond substituents is 1. The maximum atomic E-state index is 14.5. The number of phenols is 1. The van der Waals surface area contributed by atoms with Gasteiger partial charge in [-0.05, 0) is 92.7 Å². The Morgan fingerprint density at radius 2 is 1.64 bits per heavy atom. The number of likely N-dealkylation sites (tertiary alicyclic amines) is 2. The van der Waals surface area contributed by atoms with E-state index in [-0.39, 0.29) is 55.3 Å². The van der Waals surface area contributed by atoms with Gasteiger partial charge in [-0.1, -0.05) is 55.4 Å². The van der Waals surface area contributed by atoms with Crippen molar-refractivity contribution in [2.45, 2.75) is 139 Å². The second-order valence-electron chi connectivity index (χ2n) is 24.0. The minimum Gasteiger partial charge on any atom is -0.507 e. The number of amides is 2. The Morgan fingerprint density at radius 1 is 0.880 bits per heavy atom. The smallest absolute Gasteiger partial charge is 0.243 e. The molecule has 12 rings (SSSR count). The number of thiazole rings is 1. The molecule has 9 heterocycles. The number of nitrogens with zero attached hydrogens (tertiary/aromatic N) is 11. The summed E-state index contributed by atoms with van der Waals surface area (Å²) in [6.45, 7) is 12.3. The number of aryl methyl sites for hydroxylation is 1. The highest BCUT2D eigenvalue weighted by Crippen LogP contribution is 2.41. The van der Waals surface area contributed by atoms with Gasteiger partial charge in [-0.15, -0.1) is 21.5 Å². The molecule has 83 heavy (non-hydrogen) atoms. The van der Waals surface area contributed by atoms with Crippen LogP contribution >= 0.6 is 11.3 Å². The van der Waals surface area contributed by atoms with Gasteiger partial charge in [0.05, 0.1) is 64.3 Å². The number of hydrogen-bond acceptors (Lipinski definition) is 19. The van der Waals surface area contributed by atoms with E-state index in [0.717, 1.165) is 130 Å². The normalized spacial score (nSPS) is 24.0. The number of piperazine rings is 1. The zero-order valence-corrected chi connectivity index (χ0v) is 48.3. The first-order valence-corrected chi connectivity index (χ1v) is 30.5. The van der Waals surface area contributed by atoms with Gasteiger partial charge < -0.3 is 59.8 Å². The van der Waals surface area contributed by atoms with Crippen LogP contribution < -0.4 is 30.5 Å². The molecule has 0 spiro atoms. The number of piperidine rings is 2. The van der Waals surface area contributed by atoms with Gasteiger partial charge in [0.15, 0.2) is 17.4 Å². The second kappa shape index (κ2) is 24.4. The number of fused-ring (bicyclic) bond motifs is 2. The highest BCUT2D eigenvalue weighted by molar-refractivity contribution is 7.13. The second-order valence-corrected chi connectivity index (χ2v) is 24.8. The highest BCUT2D eigenvalue weighted by atomic mass is 32.1. The number of β-amino-alcohol motifs (C(OH)–C–C–N with tert-alkyl or cyclic N) is 1. The SMILES string of the molecule is Cc1ncsc1-c1ccc([C@H](CC#N)NC(=O)[C@@H]2C[C@@H](O)CN2C(=O)[C@@H](c2cc(N3CCC(CN4CCC(OC5CC(Oc6cc(N7C8CC[C@@H]7CN(c7cc(-c9ccccc9O)nnc7N)C8)ccn6)C5)CC4)CC3)no2)C(C)C)cc1. The number of para-hydroxylation sites is 1. The molecule has 2 amide bonds. The third-order valence-electron chi connectivity index (χ3n) is 18.1. The van der Waals surface area contributed by atoms with Crippen LogP contribution in [0.15, 0.2) is 89.0 Å². The van der Waals surface area contributed by atoms with Crippen molar-refractivity contribution in [1.82, 2.24) is 40.4 Å². The summed E-state index contributed by atoms with van der Waals surface area (Å²) in [4.78, 5) is 49.7. The van der Waals surface area contributed by atoms with Gasteiger partial charge in [0.1, 0.15) is 23.8 Å². The first-order chi connectivity index (χ1) is 40.3. The number of aliphatic hydroxyl groups excluding tert-OH is 1. The lowest BCUT2D eigenvalue weighted by atomic mass is 9.91. The molecule has 6 atom stereocenters. The molecule has 20 nitrogen and oxygen atoms in total. The number of hydrogen-bond donors (Lipinski definition) is 4. The van der Waals surface area contributed by atoms with Crippen LogP contribution in [0.5, 0.6) is 11.6 Å². The Bertz CT molecular complexity index is 3260. The summed E-state index contributed by atoms with van der Waals surface area (Å²) in [5.41, 5.74) is 14.1. The number of nitriles is 1. The van der Waals surface area contributed by atoms with Crippen LogP contribution in [0.4, 0.5) is 23.0 Å². The Balaban J connectivity index is 0.570. The summed E-state index contributed by atoms with van der Waals surface area (Å²) < 4.78 is 19.0. The van der Waals surface area contributed by atoms with Crippen LogP contribution in [0.1, 0.15) is 107 Å². The van der Waals surface area contributed by atoms with Gasteiger partial charge in [0.25, 0.3) is 0 Å². The standard InChI is InChI=1S/C62H75N13O7S/c1-37(2)58(62(79)74-35-45(76)27-53(74)61(78)67-50(14-20-63)40-8-10-41(11-9-40)59-38(3)66-36-83-59)55-31-56(70-82-55)72-24-16-39(17-25-72)32-71-22-18-46(19-23-71)80-47-28-48(29-47)81-57-26-42(15-21-65-57)75-43-12-13-44(75)34-73(33-43)52-30-51(68-69-60(52)64)49-6-4-5-7-54(49)77/h4-11,15,21,26,30-31,36-37,39,43-48,50,53,58,76-77H,12-14,16-19,22-25,27-29,32-35H2,1-3H3,(H2,64,69)(H,67,78)/t43-,44?,45-,47?,48?,50+,53+,58-/m1/s1. The fourth-order valence-electron chi connectivity index (χ4n) is 13.6. The molecule has 5 aliphatic heterocycles. The summed E-state index contributed by atoms with van der Waals surface area (Å²) in [5.74, 6) is 1.35. The van der Waals surface area contributed by atoms with E-state index in [1.54, 1.807) is 23.5 Å². The zero-order chi connectivity index (χ0) is 57.3. The third-order valence-corrected chi connectivity index (χ3v) is 19.1. The molecule has 2 aromatic carbocycles. The summed E-state index contributed by atoms with van der Waals surface area (Å²) in [7, 11) is 0. The molecule has 6 fully saturated rings. The van der Waals surface area contributed by atoms with Crippen molar-refractivity contribution < 1.29 is 33.8 Å². The molecule has 6 aromatic rings. The Hall–Kier alpha value is -7.38. The van der Waals surface area contributed by atoms with Crippen LogP contribution in [-0.4, -0.2) is 152 Å². The molecule has 1 unspecified atom stereocenters. The Kier molecular flexibility index (Phi) is 16.5. The largest absolute Gasteiger partial charge is 0.507 e. The molecule has 5 N–H and O–H groups in total. The number of aromatic nitrogens is 5. The van der Waals surface area contributed by atoms with Gasteiger partial charge in [0.2, 0.25) is 17.7 Å². The maximum absolute atomic E-state index is 14.5. The van der Waals surface area contributed by atoms with Crippen LogP contribution in [0, 0.1) is 30.1 Å². The number of ether oxygens (including phenoxy) is 2. The van der Waals surface area contributed by atoms with Gasteiger partial charge in [-0.25, -0.2) is 9.97 Å². The third kappa shape index (κ3) is 12.2. The van der Waals surface area contributed by atoms with Crippen LogP contribution in [0.3, 0.4) is 0 Å². The van der Waals surface area contributed by atoms with E-state index in [0.29, 0.717) is 52.5 Å². The van der Waals surface area contributed by atoms with Crippen molar-refractivity contribution in [2.75, 3.05) is 72.8 Å². The first-order valence-electron chi connectivity index (χ1n) is 29.7. The quantitative estimate of drug-likeness (QED) is 0.0639. The summed E-state index contributed by atoms with van der Waals surface area (Å²) in [6.07, 6.45) is 9.62. The number of nitrogens with one attached hydrogen (secondary N) is 1. The van der Waals surface area contributed by atoms with Crippen molar-refractivity contribution in [1.29, 1.82) is 5.26 Å². The van der Waals surface area contributed by atoms with Crippen molar-refractivity contribution in [3.05, 3.63) is 102 Å². The molecular formula is C62H75N13O7S. The van der Waals surface area contributed by atoms with Crippen LogP contribution in [0.2, 0.25) is 0 Å². The number of benzene rings is 2. The van der Waals surface area contributed by atoms with Crippen molar-refractivity contribution >= 4 is 46.2 Å². The lowest BCUT2D eigenvalue weighted by Crippen LogP contribution is -2.54. The predicted molar refractivity (Wildman–Crippen MR) is 316 cm³/mol. The van der Waals surface area contributed by atoms with Crippen LogP contribution in [-0.2, 0) is 14.3 Å². The van der Waals surface area contributed by atoms with Gasteiger partial charge in [-0.3, -0.25) is 9.59 Å². The lowest BCUT2D eigenvalue weighted by molar-refractivity contribution is -0.141. The highest BCUT2D eigenvalue weighted by Gasteiger charge is 2.45. The van der Waals surface area contributed by atoms with E-state index in [4.69, 9.17) is 19.7 Å². The Morgan fingerprint density at radius 3 is 2.35 bits per heavy atom. The number of rotatable bonds is 18. The lowest BCUT2D eigenvalue weighted by Gasteiger charge is -2.43. The van der Waals surface area contributed by atoms with Gasteiger partial charge >= 0.3 is 0 Å². The number of pyridine rings is 1. The molecule has 6 aliphatic rings. The molecule has 436 valence electrons. The molecular weight excluding hydrogens is 1070 g/mol. The fourth-order valence-corrected chi connectivity index (χ4v) is 14.4. The minimum atomic E-state index is -0.908. The average molecular weight is 1150 g/mol. The number of nitrogen functional groups attached to an aromatic ring is 1. The Labute approximate surface area is 488 Å². The predicted octanol–water partition coefficient (Wildman–Crippen LogP) is 7.88. The van der Waals surface area contributed by atoms with Crippen LogP contribution in [0.25, 0.3) is 21.7 Å². The molecule has 5 saturated heterocycles. The number of carbonyl (C=O) groups is 2. The number of anilines is 4. The number of aromatic hydroxyl groups is 1. The molecule has 1 aliphatic carbocycles. The summed E-state index contributed by atoms with van der Waals surface area (Å²) in [6, 6.07) is 24.2. The zero-order valence-electron chi connectivity index (χ0n) is 47.5. The van der Waals surface area contributed by atoms with E-state index in [1.165, 1.54) is 4.90 Å². The van der Waals surface area contributed by atoms with Crippen molar-refractivity contribution in [2.24, 2.45) is 11.8 Å². The van der Waals surface area contributed by atoms with Gasteiger partial charge in [0, 0.05) is 113 Å². The van der Waals surface area contributed by atoms with E-state index >= 15 is 0 Å². The first kappa shape index (κ1) is 56.1. The summed E-state index contributed by atoms with van der Waals surface area (Å²) in [5, 5.41) is 47.1. The van der Waals surface area contributed by atoms with E-state index < -0.39 is 30.0 Å². The van der Waals surface area contributed by atoms with Crippen molar-refractivity contribution in [3.8, 4) is 39.4 Å². The van der Waals surface area contributed by atoms with E-state index in [9.17, 15) is 25.1 Å².